The highest BCUT2D eigenvalue weighted by atomic mass is 32.2. The van der Waals surface area contributed by atoms with Gasteiger partial charge < -0.3 is 4.74 Å². The van der Waals surface area contributed by atoms with Crippen molar-refractivity contribution in [2.75, 3.05) is 6.26 Å². The standard InChI is InChI=1S/C14H14O3S/c1-18(15,16)11-12-7-9-14(10-8-12)17-13-5-3-2-4-6-13/h2-10H,11H2,1H3. The van der Waals surface area contributed by atoms with Crippen LogP contribution < -0.4 is 4.74 Å². The van der Waals surface area contributed by atoms with Crippen molar-refractivity contribution in [3.8, 4) is 11.5 Å². The predicted molar refractivity (Wildman–Crippen MR) is 71.5 cm³/mol. The first kappa shape index (κ1) is 12.6. The Morgan fingerprint density at radius 2 is 1.44 bits per heavy atom. The number of hydrogen-bond donors (Lipinski definition) is 0. The van der Waals surface area contributed by atoms with Crippen molar-refractivity contribution in [2.45, 2.75) is 5.75 Å². The molecular formula is C14H14O3S. The Hall–Kier alpha value is -1.81. The zero-order chi connectivity index (χ0) is 13.0. The minimum absolute atomic E-state index is 0.0542. The van der Waals surface area contributed by atoms with Crippen molar-refractivity contribution < 1.29 is 13.2 Å². The lowest BCUT2D eigenvalue weighted by Crippen LogP contribution is -2.00. The molecule has 0 saturated heterocycles. The average Bonchev–Trinajstić information content (AvgIpc) is 2.31. The zero-order valence-corrected chi connectivity index (χ0v) is 10.9. The summed E-state index contributed by atoms with van der Waals surface area (Å²) in [4.78, 5) is 0. The van der Waals surface area contributed by atoms with Crippen LogP contribution in [-0.2, 0) is 15.6 Å². The van der Waals surface area contributed by atoms with Crippen LogP contribution in [0.3, 0.4) is 0 Å². The average molecular weight is 262 g/mol. The molecule has 0 bridgehead atoms. The largest absolute Gasteiger partial charge is 0.457 e. The van der Waals surface area contributed by atoms with Crippen molar-refractivity contribution in [1.82, 2.24) is 0 Å². The monoisotopic (exact) mass is 262 g/mol. The lowest BCUT2D eigenvalue weighted by Gasteiger charge is -2.06. The summed E-state index contributed by atoms with van der Waals surface area (Å²) in [5.74, 6) is 1.50. The molecule has 0 amide bonds. The van der Waals surface area contributed by atoms with Crippen molar-refractivity contribution in [3.05, 3.63) is 60.2 Å². The van der Waals surface area contributed by atoms with E-state index in [9.17, 15) is 8.42 Å². The minimum Gasteiger partial charge on any atom is -0.457 e. The maximum absolute atomic E-state index is 11.1. The summed E-state index contributed by atoms with van der Waals surface area (Å²) in [6, 6.07) is 16.5. The van der Waals surface area contributed by atoms with E-state index >= 15 is 0 Å². The first-order chi connectivity index (χ1) is 8.53. The second-order valence-electron chi connectivity index (χ2n) is 4.13. The molecule has 0 spiro atoms. The molecule has 0 unspecified atom stereocenters. The summed E-state index contributed by atoms with van der Waals surface area (Å²) in [6.07, 6.45) is 1.22. The predicted octanol–water partition coefficient (Wildman–Crippen LogP) is 3.02. The molecule has 0 heterocycles. The van der Waals surface area contributed by atoms with E-state index in [4.69, 9.17) is 4.74 Å². The Kier molecular flexibility index (Phi) is 3.67. The molecule has 0 fully saturated rings. The number of hydrogen-bond acceptors (Lipinski definition) is 3. The van der Waals surface area contributed by atoms with Gasteiger partial charge in [0.25, 0.3) is 0 Å². The quantitative estimate of drug-likeness (QED) is 0.850. The van der Waals surface area contributed by atoms with Crippen LogP contribution in [0.15, 0.2) is 54.6 Å². The molecule has 2 aromatic rings. The van der Waals surface area contributed by atoms with Crippen LogP contribution in [0.4, 0.5) is 0 Å². The van der Waals surface area contributed by atoms with Gasteiger partial charge in [0.05, 0.1) is 5.75 Å². The highest BCUT2D eigenvalue weighted by Crippen LogP contribution is 2.21. The van der Waals surface area contributed by atoms with Crippen molar-refractivity contribution in [1.29, 1.82) is 0 Å². The van der Waals surface area contributed by atoms with Gasteiger partial charge in [-0.1, -0.05) is 30.3 Å². The van der Waals surface area contributed by atoms with Gasteiger partial charge in [0.2, 0.25) is 0 Å². The topological polar surface area (TPSA) is 43.4 Å². The SMILES string of the molecule is CS(=O)(=O)Cc1ccc(Oc2ccccc2)cc1. The number of para-hydroxylation sites is 1. The highest BCUT2D eigenvalue weighted by Gasteiger charge is 2.04. The van der Waals surface area contributed by atoms with Crippen LogP contribution in [-0.4, -0.2) is 14.7 Å². The molecule has 0 aliphatic rings. The second kappa shape index (κ2) is 5.23. The molecule has 2 aromatic carbocycles. The third-order valence-electron chi connectivity index (χ3n) is 2.33. The van der Waals surface area contributed by atoms with Crippen LogP contribution >= 0.6 is 0 Å². The molecule has 0 N–H and O–H groups in total. The van der Waals surface area contributed by atoms with Gasteiger partial charge in [-0.3, -0.25) is 0 Å². The van der Waals surface area contributed by atoms with E-state index < -0.39 is 9.84 Å². The highest BCUT2D eigenvalue weighted by molar-refractivity contribution is 7.89. The molecule has 4 heteroatoms. The Morgan fingerprint density at radius 1 is 0.889 bits per heavy atom. The first-order valence-corrected chi connectivity index (χ1v) is 7.58. The third kappa shape index (κ3) is 3.89. The van der Waals surface area contributed by atoms with Crippen LogP contribution in [0.5, 0.6) is 11.5 Å². The van der Waals surface area contributed by atoms with E-state index in [0.29, 0.717) is 5.75 Å². The third-order valence-corrected chi connectivity index (χ3v) is 3.19. The molecule has 0 aromatic heterocycles. The molecule has 3 nitrogen and oxygen atoms in total. The molecule has 0 atom stereocenters. The van der Waals surface area contributed by atoms with Gasteiger partial charge in [-0.2, -0.15) is 0 Å². The van der Waals surface area contributed by atoms with Gasteiger partial charge in [-0.15, -0.1) is 0 Å². The van der Waals surface area contributed by atoms with Crippen LogP contribution in [0.1, 0.15) is 5.56 Å². The fraction of sp³-hybridized carbons (Fsp3) is 0.143. The van der Waals surface area contributed by atoms with Gasteiger partial charge >= 0.3 is 0 Å². The van der Waals surface area contributed by atoms with Crippen molar-refractivity contribution in [3.63, 3.8) is 0 Å². The number of sulfone groups is 1. The Balaban J connectivity index is 2.09. The lowest BCUT2D eigenvalue weighted by atomic mass is 10.2. The van der Waals surface area contributed by atoms with Gasteiger partial charge in [-0.25, -0.2) is 8.42 Å². The molecule has 0 aliphatic carbocycles. The number of benzene rings is 2. The number of ether oxygens (including phenoxy) is 1. The van der Waals surface area contributed by atoms with Crippen molar-refractivity contribution in [2.24, 2.45) is 0 Å². The van der Waals surface area contributed by atoms with E-state index in [1.165, 1.54) is 6.26 Å². The summed E-state index contributed by atoms with van der Waals surface area (Å²) in [7, 11) is -2.99. The molecule has 2 rings (SSSR count). The smallest absolute Gasteiger partial charge is 0.151 e. The van der Waals surface area contributed by atoms with Crippen molar-refractivity contribution >= 4 is 9.84 Å². The van der Waals surface area contributed by atoms with E-state index in [0.717, 1.165) is 11.3 Å². The molecule has 0 aliphatic heterocycles. The number of rotatable bonds is 4. The van der Waals surface area contributed by atoms with Gasteiger partial charge in [0.1, 0.15) is 11.5 Å². The van der Waals surface area contributed by atoms with E-state index in [1.807, 2.05) is 30.3 Å². The van der Waals surface area contributed by atoms with Gasteiger partial charge in [0, 0.05) is 6.26 Å². The minimum atomic E-state index is -2.99. The summed E-state index contributed by atoms with van der Waals surface area (Å²) in [5.41, 5.74) is 0.762. The van der Waals surface area contributed by atoms with E-state index in [-0.39, 0.29) is 5.75 Å². The summed E-state index contributed by atoms with van der Waals surface area (Å²) in [5, 5.41) is 0. The summed E-state index contributed by atoms with van der Waals surface area (Å²) < 4.78 is 27.9. The second-order valence-corrected chi connectivity index (χ2v) is 6.27. The first-order valence-electron chi connectivity index (χ1n) is 5.52. The van der Waals surface area contributed by atoms with Gasteiger partial charge in [0.15, 0.2) is 9.84 Å². The van der Waals surface area contributed by atoms with Gasteiger partial charge in [-0.05, 0) is 29.8 Å². The maximum Gasteiger partial charge on any atom is 0.151 e. The molecule has 0 saturated carbocycles. The fourth-order valence-electron chi connectivity index (χ4n) is 1.58. The molecular weight excluding hydrogens is 248 g/mol. The summed E-state index contributed by atoms with van der Waals surface area (Å²) in [6.45, 7) is 0. The van der Waals surface area contributed by atoms with E-state index in [2.05, 4.69) is 0 Å². The zero-order valence-electron chi connectivity index (χ0n) is 10.0. The van der Waals surface area contributed by atoms with Crippen LogP contribution in [0, 0.1) is 0 Å². The van der Waals surface area contributed by atoms with Crippen LogP contribution in [0.25, 0.3) is 0 Å². The Morgan fingerprint density at radius 3 is 2.00 bits per heavy atom. The Labute approximate surface area is 107 Å². The molecule has 18 heavy (non-hydrogen) atoms. The fourth-order valence-corrected chi connectivity index (χ4v) is 2.38. The Bertz CT molecular complexity index is 601. The maximum atomic E-state index is 11.1. The molecule has 0 radical (unpaired) electrons. The molecule has 94 valence electrons. The lowest BCUT2D eigenvalue weighted by molar-refractivity contribution is 0.482. The van der Waals surface area contributed by atoms with E-state index in [1.54, 1.807) is 24.3 Å². The van der Waals surface area contributed by atoms with Crippen LogP contribution in [0.2, 0.25) is 0 Å². The summed E-state index contributed by atoms with van der Waals surface area (Å²) >= 11 is 0. The normalized spacial score (nSPS) is 11.2.